The highest BCUT2D eigenvalue weighted by molar-refractivity contribution is 7.00. The minimum absolute atomic E-state index is 0.136. The molecule has 0 aliphatic heterocycles. The molecule has 3 aromatic rings. The van der Waals surface area contributed by atoms with Crippen molar-refractivity contribution in [3.8, 4) is 0 Å². The maximum atomic E-state index is 12.2. The molecule has 2 heterocycles. The van der Waals surface area contributed by atoms with E-state index in [4.69, 9.17) is 34.8 Å². The second kappa shape index (κ2) is 5.73. The van der Waals surface area contributed by atoms with Crippen LogP contribution in [0.5, 0.6) is 0 Å². The molecule has 2 aromatic heterocycles. The smallest absolute Gasteiger partial charge is 0.257 e. The monoisotopic (exact) mass is 358 g/mol. The first-order valence-corrected chi connectivity index (χ1v) is 7.46. The predicted octanol–water partition coefficient (Wildman–Crippen LogP) is 4.30. The number of nitrogens with one attached hydrogen (secondary N) is 1. The van der Waals surface area contributed by atoms with E-state index in [0.717, 1.165) is 11.7 Å². The van der Waals surface area contributed by atoms with Gasteiger partial charge in [-0.25, -0.2) is 4.98 Å². The largest absolute Gasteiger partial charge is 0.319 e. The molecule has 21 heavy (non-hydrogen) atoms. The molecule has 0 aliphatic carbocycles. The van der Waals surface area contributed by atoms with Gasteiger partial charge in [0.1, 0.15) is 16.2 Å². The first-order valence-electron chi connectivity index (χ1n) is 5.59. The van der Waals surface area contributed by atoms with Gasteiger partial charge < -0.3 is 5.32 Å². The normalized spacial score (nSPS) is 10.8. The molecule has 0 bridgehead atoms. The highest BCUT2D eigenvalue weighted by Crippen LogP contribution is 2.30. The quantitative estimate of drug-likeness (QED) is 0.693. The van der Waals surface area contributed by atoms with Crippen LogP contribution in [0, 0.1) is 0 Å². The molecule has 1 N–H and O–H groups in total. The number of pyridine rings is 1. The molecule has 0 saturated carbocycles. The molecular weight excluding hydrogens is 355 g/mol. The van der Waals surface area contributed by atoms with Crippen molar-refractivity contribution < 1.29 is 4.79 Å². The van der Waals surface area contributed by atoms with Gasteiger partial charge in [-0.05, 0) is 18.2 Å². The first-order chi connectivity index (χ1) is 10.1. The van der Waals surface area contributed by atoms with Gasteiger partial charge in [-0.2, -0.15) is 8.75 Å². The van der Waals surface area contributed by atoms with Crippen LogP contribution in [0.1, 0.15) is 10.4 Å². The fraction of sp³-hybridized carbons (Fsp3) is 0. The Morgan fingerprint density at radius 1 is 1.14 bits per heavy atom. The van der Waals surface area contributed by atoms with Gasteiger partial charge in [0.05, 0.1) is 33.0 Å². The third kappa shape index (κ3) is 2.80. The van der Waals surface area contributed by atoms with Crippen LogP contribution in [0.15, 0.2) is 24.4 Å². The number of rotatable bonds is 2. The summed E-state index contributed by atoms with van der Waals surface area (Å²) in [5.41, 5.74) is 1.86. The lowest BCUT2D eigenvalue weighted by atomic mass is 10.2. The minimum atomic E-state index is -0.413. The molecule has 106 valence electrons. The highest BCUT2D eigenvalue weighted by atomic mass is 35.5. The van der Waals surface area contributed by atoms with Crippen molar-refractivity contribution in [1.82, 2.24) is 13.7 Å². The van der Waals surface area contributed by atoms with Crippen molar-refractivity contribution in [3.63, 3.8) is 0 Å². The zero-order valence-corrected chi connectivity index (χ0v) is 13.2. The van der Waals surface area contributed by atoms with E-state index in [9.17, 15) is 4.79 Å². The van der Waals surface area contributed by atoms with Gasteiger partial charge in [-0.15, -0.1) is 0 Å². The second-order valence-electron chi connectivity index (χ2n) is 4.01. The molecule has 1 amide bonds. The Balaban J connectivity index is 1.98. The number of amides is 1. The van der Waals surface area contributed by atoms with E-state index >= 15 is 0 Å². The molecule has 9 heteroatoms. The van der Waals surface area contributed by atoms with E-state index in [1.54, 1.807) is 12.1 Å². The maximum absolute atomic E-state index is 12.2. The third-order valence-corrected chi connectivity index (χ3v) is 4.22. The summed E-state index contributed by atoms with van der Waals surface area (Å²) in [5, 5.41) is 3.40. The van der Waals surface area contributed by atoms with Crippen LogP contribution in [-0.4, -0.2) is 19.6 Å². The predicted molar refractivity (Wildman–Crippen MR) is 84.6 cm³/mol. The fourth-order valence-corrected chi connectivity index (χ4v) is 2.69. The zero-order valence-electron chi connectivity index (χ0n) is 10.1. The number of fused-ring (bicyclic) bond motifs is 1. The van der Waals surface area contributed by atoms with Crippen LogP contribution in [0.25, 0.3) is 11.0 Å². The summed E-state index contributed by atoms with van der Waals surface area (Å²) in [5.74, 6) is -0.413. The van der Waals surface area contributed by atoms with Crippen LogP contribution in [-0.2, 0) is 0 Å². The number of benzene rings is 1. The lowest BCUT2D eigenvalue weighted by Gasteiger charge is -2.08. The number of anilines is 1. The SMILES string of the molecule is O=C(Nc1c(Cl)ccc2nsnc12)c1cnc(Cl)c(Cl)c1. The molecule has 0 spiro atoms. The van der Waals surface area contributed by atoms with Crippen LogP contribution in [0.4, 0.5) is 5.69 Å². The molecule has 0 radical (unpaired) electrons. The van der Waals surface area contributed by atoms with Gasteiger partial charge in [0.25, 0.3) is 5.91 Å². The summed E-state index contributed by atoms with van der Waals surface area (Å²) in [6.07, 6.45) is 1.33. The summed E-state index contributed by atoms with van der Waals surface area (Å²) >= 11 is 18.7. The number of halogens is 3. The minimum Gasteiger partial charge on any atom is -0.319 e. The van der Waals surface area contributed by atoms with Gasteiger partial charge >= 0.3 is 0 Å². The standard InChI is InChI=1S/C12H5Cl3N4OS/c13-6-1-2-8-10(19-21-18-8)9(6)17-12(20)5-3-7(14)11(15)16-4-5/h1-4H,(H,17,20). The Hall–Kier alpha value is -1.47. The molecule has 0 saturated heterocycles. The number of carbonyl (C=O) groups excluding carboxylic acids is 1. The summed E-state index contributed by atoms with van der Waals surface area (Å²) in [6, 6.07) is 4.81. The third-order valence-electron chi connectivity index (χ3n) is 2.67. The van der Waals surface area contributed by atoms with Gasteiger partial charge in [-0.1, -0.05) is 34.8 Å². The van der Waals surface area contributed by atoms with Crippen LogP contribution < -0.4 is 5.32 Å². The van der Waals surface area contributed by atoms with Crippen molar-refractivity contribution in [2.45, 2.75) is 0 Å². The van der Waals surface area contributed by atoms with Gasteiger partial charge in [0, 0.05) is 6.20 Å². The number of nitrogens with zero attached hydrogens (tertiary/aromatic N) is 3. The van der Waals surface area contributed by atoms with E-state index in [1.165, 1.54) is 12.3 Å². The molecule has 3 rings (SSSR count). The summed E-state index contributed by atoms with van der Waals surface area (Å²) in [7, 11) is 0. The summed E-state index contributed by atoms with van der Waals surface area (Å²) < 4.78 is 8.22. The van der Waals surface area contributed by atoms with E-state index in [2.05, 4.69) is 19.0 Å². The first kappa shape index (κ1) is 14.5. The van der Waals surface area contributed by atoms with Crippen molar-refractivity contribution >= 4 is 69.2 Å². The van der Waals surface area contributed by atoms with Crippen molar-refractivity contribution in [2.75, 3.05) is 5.32 Å². The number of hydrogen-bond acceptors (Lipinski definition) is 5. The number of hydrogen-bond donors (Lipinski definition) is 1. The van der Waals surface area contributed by atoms with Crippen LogP contribution in [0.2, 0.25) is 15.2 Å². The fourth-order valence-electron chi connectivity index (χ4n) is 1.68. The van der Waals surface area contributed by atoms with E-state index in [-0.39, 0.29) is 15.7 Å². The van der Waals surface area contributed by atoms with E-state index in [1.807, 2.05) is 0 Å². The summed E-state index contributed by atoms with van der Waals surface area (Å²) in [4.78, 5) is 16.1. The Morgan fingerprint density at radius 3 is 2.71 bits per heavy atom. The van der Waals surface area contributed by atoms with Gasteiger partial charge in [0.15, 0.2) is 0 Å². The number of carbonyl (C=O) groups is 1. The molecule has 1 aromatic carbocycles. The average molecular weight is 360 g/mol. The average Bonchev–Trinajstić information content (AvgIpc) is 2.93. The lowest BCUT2D eigenvalue weighted by Crippen LogP contribution is -2.13. The maximum Gasteiger partial charge on any atom is 0.257 e. The Kier molecular flexibility index (Phi) is 3.95. The van der Waals surface area contributed by atoms with E-state index < -0.39 is 5.91 Å². The molecule has 5 nitrogen and oxygen atoms in total. The Labute approximate surface area is 138 Å². The van der Waals surface area contributed by atoms with Crippen molar-refractivity contribution in [2.24, 2.45) is 0 Å². The lowest BCUT2D eigenvalue weighted by molar-refractivity contribution is 0.102. The Bertz CT molecular complexity index is 852. The summed E-state index contributed by atoms with van der Waals surface area (Å²) in [6.45, 7) is 0. The van der Waals surface area contributed by atoms with Gasteiger partial charge in [0.2, 0.25) is 0 Å². The topological polar surface area (TPSA) is 67.8 Å². The highest BCUT2D eigenvalue weighted by Gasteiger charge is 2.15. The second-order valence-corrected chi connectivity index (χ2v) is 5.71. The molecule has 0 aliphatic rings. The van der Waals surface area contributed by atoms with E-state index in [0.29, 0.717) is 21.7 Å². The number of aromatic nitrogens is 3. The zero-order chi connectivity index (χ0) is 15.0. The van der Waals surface area contributed by atoms with Crippen LogP contribution in [0.3, 0.4) is 0 Å². The van der Waals surface area contributed by atoms with Gasteiger partial charge in [-0.3, -0.25) is 4.79 Å². The van der Waals surface area contributed by atoms with Crippen molar-refractivity contribution in [1.29, 1.82) is 0 Å². The van der Waals surface area contributed by atoms with Crippen molar-refractivity contribution in [3.05, 3.63) is 45.2 Å². The Morgan fingerprint density at radius 2 is 1.95 bits per heavy atom. The molecular formula is C12H5Cl3N4OS. The van der Waals surface area contributed by atoms with Crippen LogP contribution >= 0.6 is 46.5 Å². The molecule has 0 atom stereocenters. The molecule has 0 unspecified atom stereocenters. The molecule has 0 fully saturated rings.